The Labute approximate surface area is 146 Å². The highest BCUT2D eigenvalue weighted by Gasteiger charge is 2.17. The zero-order valence-electron chi connectivity index (χ0n) is 14.3. The lowest BCUT2D eigenvalue weighted by Gasteiger charge is -2.16. The number of methoxy groups -OCH3 is 1. The molecule has 3 aromatic rings. The van der Waals surface area contributed by atoms with Crippen molar-refractivity contribution in [3.63, 3.8) is 0 Å². The maximum Gasteiger partial charge on any atom is 0.138 e. The standard InChI is InChI=1S/C19H22N2O4/c1-13(22)19-20-17-5-3-4-6-18(17)21(19)11-14(23)12-25-16-9-7-15(24-2)8-10-16/h3-10,13-14,22-23H,11-12H2,1-2H3/t13-,14+/m1/s1. The molecular weight excluding hydrogens is 320 g/mol. The van der Waals surface area contributed by atoms with Crippen molar-refractivity contribution < 1.29 is 19.7 Å². The van der Waals surface area contributed by atoms with Gasteiger partial charge in [0.2, 0.25) is 0 Å². The third-order valence-electron chi connectivity index (χ3n) is 3.95. The molecule has 25 heavy (non-hydrogen) atoms. The zero-order chi connectivity index (χ0) is 17.8. The van der Waals surface area contributed by atoms with E-state index in [4.69, 9.17) is 9.47 Å². The van der Waals surface area contributed by atoms with Gasteiger partial charge in [0.15, 0.2) is 0 Å². The summed E-state index contributed by atoms with van der Waals surface area (Å²) in [5.41, 5.74) is 1.67. The fourth-order valence-electron chi connectivity index (χ4n) is 2.73. The van der Waals surface area contributed by atoms with Gasteiger partial charge in [-0.1, -0.05) is 12.1 Å². The summed E-state index contributed by atoms with van der Waals surface area (Å²) in [5, 5.41) is 20.3. The molecule has 0 bridgehead atoms. The van der Waals surface area contributed by atoms with Crippen LogP contribution in [0.25, 0.3) is 11.0 Å². The number of nitrogens with zero attached hydrogens (tertiary/aromatic N) is 2. The summed E-state index contributed by atoms with van der Waals surface area (Å²) in [7, 11) is 1.61. The maximum atomic E-state index is 10.4. The summed E-state index contributed by atoms with van der Waals surface area (Å²) in [5.74, 6) is 1.94. The molecule has 0 saturated carbocycles. The first-order valence-corrected chi connectivity index (χ1v) is 8.16. The number of benzene rings is 2. The van der Waals surface area contributed by atoms with Crippen LogP contribution in [0, 0.1) is 0 Å². The van der Waals surface area contributed by atoms with Crippen LogP contribution in [-0.4, -0.2) is 39.6 Å². The Kier molecular flexibility index (Phi) is 5.21. The SMILES string of the molecule is COc1ccc(OC[C@@H](O)Cn2c([C@@H](C)O)nc3ccccc32)cc1. The monoisotopic (exact) mass is 342 g/mol. The lowest BCUT2D eigenvalue weighted by molar-refractivity contribution is 0.0895. The second kappa shape index (κ2) is 7.55. The van der Waals surface area contributed by atoms with E-state index in [0.717, 1.165) is 16.8 Å². The molecule has 0 unspecified atom stereocenters. The minimum atomic E-state index is -0.739. The number of hydrogen-bond acceptors (Lipinski definition) is 5. The van der Waals surface area contributed by atoms with Gasteiger partial charge in [0.1, 0.15) is 36.1 Å². The molecule has 0 saturated heterocycles. The Balaban J connectivity index is 1.70. The average Bonchev–Trinajstić information content (AvgIpc) is 2.99. The second-order valence-corrected chi connectivity index (χ2v) is 5.89. The van der Waals surface area contributed by atoms with Gasteiger partial charge in [0.05, 0.1) is 24.7 Å². The van der Waals surface area contributed by atoms with E-state index in [2.05, 4.69) is 4.98 Å². The number of ether oxygens (including phenoxy) is 2. The fraction of sp³-hybridized carbons (Fsp3) is 0.316. The molecule has 0 radical (unpaired) electrons. The van der Waals surface area contributed by atoms with Crippen LogP contribution in [0.5, 0.6) is 11.5 Å². The molecule has 0 aliphatic rings. The molecule has 0 aliphatic heterocycles. The number of hydrogen-bond donors (Lipinski definition) is 2. The summed E-state index contributed by atoms with van der Waals surface area (Å²) in [6.45, 7) is 2.09. The van der Waals surface area contributed by atoms with E-state index < -0.39 is 12.2 Å². The Bertz CT molecular complexity index is 827. The van der Waals surface area contributed by atoms with Crippen molar-refractivity contribution >= 4 is 11.0 Å². The van der Waals surface area contributed by atoms with Gasteiger partial charge in [0, 0.05) is 0 Å². The van der Waals surface area contributed by atoms with Gasteiger partial charge in [-0.3, -0.25) is 0 Å². The average molecular weight is 342 g/mol. The number of aliphatic hydroxyl groups excluding tert-OH is 2. The molecule has 2 atom stereocenters. The Hall–Kier alpha value is -2.57. The quantitative estimate of drug-likeness (QED) is 0.690. The van der Waals surface area contributed by atoms with Gasteiger partial charge in [0.25, 0.3) is 0 Å². The molecule has 2 aromatic carbocycles. The molecule has 0 aliphatic carbocycles. The lowest BCUT2D eigenvalue weighted by Crippen LogP contribution is -2.25. The van der Waals surface area contributed by atoms with Gasteiger partial charge in [-0.05, 0) is 43.3 Å². The molecule has 0 fully saturated rings. The number of aliphatic hydroxyl groups is 2. The minimum Gasteiger partial charge on any atom is -0.497 e. The van der Waals surface area contributed by atoms with Crippen molar-refractivity contribution in [2.75, 3.05) is 13.7 Å². The van der Waals surface area contributed by atoms with Gasteiger partial charge in [-0.2, -0.15) is 0 Å². The highest BCUT2D eigenvalue weighted by molar-refractivity contribution is 5.76. The van der Waals surface area contributed by atoms with Crippen molar-refractivity contribution in [1.82, 2.24) is 9.55 Å². The number of fused-ring (bicyclic) bond motifs is 1. The summed E-state index contributed by atoms with van der Waals surface area (Å²) < 4.78 is 12.6. The molecule has 6 heteroatoms. The Morgan fingerprint density at radius 2 is 1.72 bits per heavy atom. The van der Waals surface area contributed by atoms with E-state index in [0.29, 0.717) is 11.6 Å². The van der Waals surface area contributed by atoms with Crippen LogP contribution in [0.4, 0.5) is 0 Å². The van der Waals surface area contributed by atoms with Crippen molar-refractivity contribution in [3.05, 3.63) is 54.4 Å². The van der Waals surface area contributed by atoms with Crippen molar-refractivity contribution in [2.45, 2.75) is 25.7 Å². The fourth-order valence-corrected chi connectivity index (χ4v) is 2.73. The van der Waals surface area contributed by atoms with Crippen LogP contribution in [0.2, 0.25) is 0 Å². The molecule has 1 aromatic heterocycles. The molecule has 2 N–H and O–H groups in total. The number of rotatable bonds is 7. The summed E-state index contributed by atoms with van der Waals surface area (Å²) in [4.78, 5) is 4.45. The summed E-state index contributed by atoms with van der Waals surface area (Å²) in [6.07, 6.45) is -1.46. The Morgan fingerprint density at radius 1 is 1.04 bits per heavy atom. The number of para-hydroxylation sites is 2. The van der Waals surface area contributed by atoms with Crippen LogP contribution in [0.3, 0.4) is 0 Å². The number of imidazole rings is 1. The first-order chi connectivity index (χ1) is 12.1. The second-order valence-electron chi connectivity index (χ2n) is 5.89. The van der Waals surface area contributed by atoms with E-state index >= 15 is 0 Å². The molecular formula is C19H22N2O4. The van der Waals surface area contributed by atoms with Crippen molar-refractivity contribution in [3.8, 4) is 11.5 Å². The van der Waals surface area contributed by atoms with E-state index in [1.807, 2.05) is 28.8 Å². The van der Waals surface area contributed by atoms with E-state index in [1.54, 1.807) is 38.3 Å². The van der Waals surface area contributed by atoms with Crippen LogP contribution < -0.4 is 9.47 Å². The largest absolute Gasteiger partial charge is 0.497 e. The van der Waals surface area contributed by atoms with Crippen LogP contribution in [0.1, 0.15) is 18.9 Å². The van der Waals surface area contributed by atoms with E-state index in [-0.39, 0.29) is 13.2 Å². The van der Waals surface area contributed by atoms with Crippen molar-refractivity contribution in [1.29, 1.82) is 0 Å². The van der Waals surface area contributed by atoms with Gasteiger partial charge >= 0.3 is 0 Å². The molecule has 1 heterocycles. The topological polar surface area (TPSA) is 76.7 Å². The van der Waals surface area contributed by atoms with Crippen LogP contribution >= 0.6 is 0 Å². The predicted octanol–water partition coefficient (Wildman–Crippen LogP) is 2.54. The molecule has 6 nitrogen and oxygen atoms in total. The van der Waals surface area contributed by atoms with E-state index in [9.17, 15) is 10.2 Å². The first kappa shape index (κ1) is 17.3. The zero-order valence-corrected chi connectivity index (χ0v) is 14.3. The molecule has 0 spiro atoms. The van der Waals surface area contributed by atoms with Gasteiger partial charge in [-0.15, -0.1) is 0 Å². The maximum absolute atomic E-state index is 10.4. The van der Waals surface area contributed by atoms with Crippen LogP contribution in [0.15, 0.2) is 48.5 Å². The smallest absolute Gasteiger partial charge is 0.138 e. The summed E-state index contributed by atoms with van der Waals surface area (Å²) >= 11 is 0. The van der Waals surface area contributed by atoms with E-state index in [1.165, 1.54) is 0 Å². The molecule has 132 valence electrons. The highest BCUT2D eigenvalue weighted by atomic mass is 16.5. The lowest BCUT2D eigenvalue weighted by atomic mass is 10.3. The number of aromatic nitrogens is 2. The third kappa shape index (κ3) is 3.92. The normalized spacial score (nSPS) is 13.6. The third-order valence-corrected chi connectivity index (χ3v) is 3.95. The van der Waals surface area contributed by atoms with Gasteiger partial charge < -0.3 is 24.3 Å². The molecule has 3 rings (SSSR count). The van der Waals surface area contributed by atoms with Gasteiger partial charge in [-0.25, -0.2) is 4.98 Å². The first-order valence-electron chi connectivity index (χ1n) is 8.16. The Morgan fingerprint density at radius 3 is 2.40 bits per heavy atom. The molecule has 0 amide bonds. The van der Waals surface area contributed by atoms with Crippen molar-refractivity contribution in [2.24, 2.45) is 0 Å². The summed E-state index contributed by atoms with van der Waals surface area (Å²) in [6, 6.07) is 14.8. The minimum absolute atomic E-state index is 0.137. The highest BCUT2D eigenvalue weighted by Crippen LogP contribution is 2.22. The predicted molar refractivity (Wildman–Crippen MR) is 94.9 cm³/mol. The van der Waals surface area contributed by atoms with Crippen LogP contribution in [-0.2, 0) is 6.54 Å².